The summed E-state index contributed by atoms with van der Waals surface area (Å²) in [7, 11) is 1.68. The summed E-state index contributed by atoms with van der Waals surface area (Å²) < 4.78 is 7.03. The van der Waals surface area contributed by atoms with E-state index in [1.165, 1.54) is 17.5 Å². The van der Waals surface area contributed by atoms with Crippen LogP contribution in [0.25, 0.3) is 16.5 Å². The van der Waals surface area contributed by atoms with Gasteiger partial charge in [0, 0.05) is 42.2 Å². The van der Waals surface area contributed by atoms with Gasteiger partial charge in [-0.3, -0.25) is 9.48 Å². The third kappa shape index (κ3) is 3.20. The summed E-state index contributed by atoms with van der Waals surface area (Å²) in [5.74, 6) is 0.996. The number of ether oxygens (including phenoxy) is 1. The maximum Gasteiger partial charge on any atom is 0.224 e. The second kappa shape index (κ2) is 7.03. The number of benzene rings is 1. The topological polar surface area (TPSA) is 76.0 Å². The highest BCUT2D eigenvalue weighted by molar-refractivity contribution is 5.94. The molecule has 134 valence electrons. The van der Waals surface area contributed by atoms with Crippen LogP contribution in [-0.4, -0.2) is 50.8 Å². The largest absolute Gasteiger partial charge is 0.497 e. The maximum atomic E-state index is 12.4. The van der Waals surface area contributed by atoms with Crippen molar-refractivity contribution < 1.29 is 9.53 Å². The third-order valence-electron chi connectivity index (χ3n) is 4.82. The predicted molar refractivity (Wildman–Crippen MR) is 98.7 cm³/mol. The molecule has 7 heteroatoms. The second-order valence-corrected chi connectivity index (χ2v) is 6.34. The van der Waals surface area contributed by atoms with E-state index in [0.717, 1.165) is 29.6 Å². The lowest BCUT2D eigenvalue weighted by atomic mass is 9.98. The summed E-state index contributed by atoms with van der Waals surface area (Å²) in [6.45, 7) is 1.94. The van der Waals surface area contributed by atoms with Gasteiger partial charge >= 0.3 is 0 Å². The lowest BCUT2D eigenvalue weighted by Gasteiger charge is -2.26. The van der Waals surface area contributed by atoms with Crippen molar-refractivity contribution in [1.29, 1.82) is 0 Å². The van der Waals surface area contributed by atoms with Gasteiger partial charge in [-0.05, 0) is 30.2 Å². The summed E-state index contributed by atoms with van der Waals surface area (Å²) in [4.78, 5) is 21.5. The van der Waals surface area contributed by atoms with E-state index in [2.05, 4.69) is 27.2 Å². The molecule has 0 radical (unpaired) electrons. The van der Waals surface area contributed by atoms with Gasteiger partial charge in [0.05, 0.1) is 13.7 Å². The van der Waals surface area contributed by atoms with Gasteiger partial charge in [0.1, 0.15) is 18.4 Å². The molecule has 2 aromatic heterocycles. The summed E-state index contributed by atoms with van der Waals surface area (Å²) in [5.41, 5.74) is 3.55. The molecular weight excluding hydrogens is 330 g/mol. The molecule has 0 bridgehead atoms. The molecule has 1 N–H and O–H groups in total. The van der Waals surface area contributed by atoms with E-state index in [9.17, 15) is 4.79 Å². The number of nitrogens with zero attached hydrogens (tertiary/aromatic N) is 4. The molecule has 0 saturated carbocycles. The van der Waals surface area contributed by atoms with Gasteiger partial charge in [-0.15, -0.1) is 0 Å². The predicted octanol–water partition coefficient (Wildman–Crippen LogP) is 2.47. The monoisotopic (exact) mass is 351 g/mol. The molecule has 4 rings (SSSR count). The number of nitrogens with one attached hydrogen (secondary N) is 1. The van der Waals surface area contributed by atoms with Crippen LogP contribution in [0.4, 0.5) is 0 Å². The Morgan fingerprint density at radius 3 is 3.04 bits per heavy atom. The fourth-order valence-electron chi connectivity index (χ4n) is 3.35. The molecule has 3 aromatic rings. The van der Waals surface area contributed by atoms with Gasteiger partial charge in [0.2, 0.25) is 5.91 Å². The lowest BCUT2D eigenvalue weighted by molar-refractivity contribution is -0.131. The molecular formula is C19H21N5O2. The summed E-state index contributed by atoms with van der Waals surface area (Å²) in [6.07, 6.45) is 8.59. The summed E-state index contributed by atoms with van der Waals surface area (Å²) >= 11 is 0. The van der Waals surface area contributed by atoms with Crippen molar-refractivity contribution in [3.63, 3.8) is 0 Å². The number of fused-ring (bicyclic) bond motifs is 1. The Labute approximate surface area is 151 Å². The molecule has 0 saturated heterocycles. The molecule has 1 amide bonds. The molecule has 7 nitrogen and oxygen atoms in total. The summed E-state index contributed by atoms with van der Waals surface area (Å²) in [5, 5.41) is 5.19. The molecule has 1 aliphatic heterocycles. The van der Waals surface area contributed by atoms with E-state index >= 15 is 0 Å². The molecule has 1 aliphatic rings. The highest BCUT2D eigenvalue weighted by Gasteiger charge is 2.19. The Balaban J connectivity index is 1.45. The number of aromatic nitrogens is 4. The minimum absolute atomic E-state index is 0.149. The van der Waals surface area contributed by atoms with Crippen LogP contribution in [0.15, 0.2) is 43.1 Å². The fraction of sp³-hybridized carbons (Fsp3) is 0.316. The highest BCUT2D eigenvalue weighted by atomic mass is 16.5. The van der Waals surface area contributed by atoms with Gasteiger partial charge in [0.25, 0.3) is 0 Å². The Morgan fingerprint density at radius 1 is 1.38 bits per heavy atom. The normalized spacial score (nSPS) is 14.5. The second-order valence-electron chi connectivity index (χ2n) is 6.34. The van der Waals surface area contributed by atoms with Crippen LogP contribution >= 0.6 is 0 Å². The van der Waals surface area contributed by atoms with Crippen molar-refractivity contribution in [3.05, 3.63) is 48.7 Å². The van der Waals surface area contributed by atoms with E-state index in [1.54, 1.807) is 18.1 Å². The van der Waals surface area contributed by atoms with Crippen LogP contribution in [0.3, 0.4) is 0 Å². The van der Waals surface area contributed by atoms with E-state index in [1.807, 2.05) is 23.2 Å². The van der Waals surface area contributed by atoms with Crippen molar-refractivity contribution in [2.75, 3.05) is 20.2 Å². The number of H-pyrrole nitrogens is 1. The van der Waals surface area contributed by atoms with Crippen LogP contribution < -0.4 is 4.74 Å². The smallest absolute Gasteiger partial charge is 0.224 e. The van der Waals surface area contributed by atoms with Crippen molar-refractivity contribution >= 4 is 22.4 Å². The van der Waals surface area contributed by atoms with Gasteiger partial charge in [-0.25, -0.2) is 4.98 Å². The van der Waals surface area contributed by atoms with Gasteiger partial charge in [-0.2, -0.15) is 5.10 Å². The Kier molecular flexibility index (Phi) is 4.43. The molecule has 26 heavy (non-hydrogen) atoms. The first-order chi connectivity index (χ1) is 12.7. The lowest BCUT2D eigenvalue weighted by Crippen LogP contribution is -2.35. The number of hydrogen-bond donors (Lipinski definition) is 1. The van der Waals surface area contributed by atoms with Gasteiger partial charge < -0.3 is 14.6 Å². The van der Waals surface area contributed by atoms with Crippen LogP contribution in [0.5, 0.6) is 5.75 Å². The SMILES string of the molecule is COc1ccc2[nH]cc(C3=CCN(C(=O)CCn4cncn4)CC3)c2c1. The number of amides is 1. The minimum Gasteiger partial charge on any atom is -0.497 e. The Hall–Kier alpha value is -3.09. The average Bonchev–Trinajstić information content (AvgIpc) is 3.35. The third-order valence-corrected chi connectivity index (χ3v) is 4.82. The number of rotatable bonds is 5. The summed E-state index contributed by atoms with van der Waals surface area (Å²) in [6, 6.07) is 6.03. The number of carbonyl (C=O) groups is 1. The number of carbonyl (C=O) groups excluding carboxylic acids is 1. The number of methoxy groups -OCH3 is 1. The maximum absolute atomic E-state index is 12.4. The molecule has 0 unspecified atom stereocenters. The molecule has 0 aliphatic carbocycles. The van der Waals surface area contributed by atoms with Crippen molar-refractivity contribution in [2.45, 2.75) is 19.4 Å². The van der Waals surface area contributed by atoms with Crippen molar-refractivity contribution in [3.8, 4) is 5.75 Å². The van der Waals surface area contributed by atoms with E-state index in [0.29, 0.717) is 19.5 Å². The zero-order valence-corrected chi connectivity index (χ0v) is 14.7. The van der Waals surface area contributed by atoms with E-state index in [4.69, 9.17) is 4.74 Å². The zero-order chi connectivity index (χ0) is 17.9. The van der Waals surface area contributed by atoms with Crippen LogP contribution in [-0.2, 0) is 11.3 Å². The Morgan fingerprint density at radius 2 is 2.31 bits per heavy atom. The van der Waals surface area contributed by atoms with Crippen LogP contribution in [0, 0.1) is 0 Å². The molecule has 1 aromatic carbocycles. The van der Waals surface area contributed by atoms with Crippen molar-refractivity contribution in [2.24, 2.45) is 0 Å². The molecule has 0 spiro atoms. The molecule has 0 fully saturated rings. The standard InChI is InChI=1S/C19H21N5O2/c1-26-15-2-3-18-16(10-15)17(11-21-18)14-4-7-23(8-5-14)19(25)6-9-24-13-20-12-22-24/h2-4,10-13,21H,5-9H2,1H3. The quantitative estimate of drug-likeness (QED) is 0.766. The molecule has 3 heterocycles. The minimum atomic E-state index is 0.149. The first-order valence-corrected chi connectivity index (χ1v) is 8.69. The van der Waals surface area contributed by atoms with Crippen molar-refractivity contribution in [1.82, 2.24) is 24.6 Å². The van der Waals surface area contributed by atoms with Gasteiger partial charge in [-0.1, -0.05) is 6.08 Å². The number of hydrogen-bond acceptors (Lipinski definition) is 4. The number of aromatic amines is 1. The first kappa shape index (κ1) is 16.4. The van der Waals surface area contributed by atoms with Gasteiger partial charge in [0.15, 0.2) is 0 Å². The Bertz CT molecular complexity index is 942. The van der Waals surface area contributed by atoms with Crippen LogP contribution in [0.1, 0.15) is 18.4 Å². The fourth-order valence-corrected chi connectivity index (χ4v) is 3.35. The number of aryl methyl sites for hydroxylation is 1. The first-order valence-electron chi connectivity index (χ1n) is 8.69. The highest BCUT2D eigenvalue weighted by Crippen LogP contribution is 2.31. The van der Waals surface area contributed by atoms with E-state index in [-0.39, 0.29) is 5.91 Å². The van der Waals surface area contributed by atoms with Crippen LogP contribution in [0.2, 0.25) is 0 Å². The van der Waals surface area contributed by atoms with E-state index < -0.39 is 0 Å². The molecule has 0 atom stereocenters. The average molecular weight is 351 g/mol. The zero-order valence-electron chi connectivity index (χ0n) is 14.7.